The fraction of sp³-hybridized carbons (Fsp3) is 0.458. The number of benzene rings is 1. The van der Waals surface area contributed by atoms with Crippen molar-refractivity contribution in [3.8, 4) is 0 Å². The lowest BCUT2D eigenvalue weighted by Crippen LogP contribution is -2.43. The highest BCUT2D eigenvalue weighted by Gasteiger charge is 2.34. The van der Waals surface area contributed by atoms with Crippen LogP contribution < -0.4 is 15.2 Å². The molecule has 2 saturated heterocycles. The molecule has 0 unspecified atom stereocenters. The number of rotatable bonds is 8. The number of aryl methyl sites for hydroxylation is 1. The van der Waals surface area contributed by atoms with E-state index in [4.69, 9.17) is 26.1 Å². The monoisotopic (exact) mass is 522 g/mol. The maximum atomic E-state index is 15.1. The second-order valence-corrected chi connectivity index (χ2v) is 8.96. The van der Waals surface area contributed by atoms with Gasteiger partial charge in [-0.05, 0) is 30.8 Å². The minimum absolute atomic E-state index is 0.0817. The smallest absolute Gasteiger partial charge is 0.414 e. The Labute approximate surface area is 212 Å². The molecule has 2 fully saturated rings. The van der Waals surface area contributed by atoms with Crippen molar-refractivity contribution in [2.75, 3.05) is 49.6 Å². The van der Waals surface area contributed by atoms with Crippen molar-refractivity contribution in [3.05, 3.63) is 47.9 Å². The summed E-state index contributed by atoms with van der Waals surface area (Å²) in [5, 5.41) is 1.87. The topological polar surface area (TPSA) is 87.5 Å². The predicted octanol–water partition coefficient (Wildman–Crippen LogP) is 3.42. The number of anilines is 2. The van der Waals surface area contributed by atoms with E-state index >= 15 is 8.78 Å². The van der Waals surface area contributed by atoms with E-state index in [-0.39, 0.29) is 43.3 Å². The summed E-state index contributed by atoms with van der Waals surface area (Å²) >= 11 is 5.00. The largest absolute Gasteiger partial charge is 0.490 e. The van der Waals surface area contributed by atoms with E-state index in [0.29, 0.717) is 37.4 Å². The zero-order chi connectivity index (χ0) is 25.7. The van der Waals surface area contributed by atoms with E-state index < -0.39 is 23.8 Å². The summed E-state index contributed by atoms with van der Waals surface area (Å²) in [6.07, 6.45) is 2.04. The number of carbonyl (C=O) groups is 2. The number of furan rings is 1. The molecular formula is C24H28F2N4O5S. The van der Waals surface area contributed by atoms with Crippen LogP contribution in [-0.4, -0.2) is 68.0 Å². The Kier molecular flexibility index (Phi) is 8.36. The molecule has 1 aromatic heterocycles. The van der Waals surface area contributed by atoms with Gasteiger partial charge in [-0.25, -0.2) is 19.0 Å². The number of carbonyl (C=O) groups excluding carboxylic acids is 2. The first-order chi connectivity index (χ1) is 17.4. The highest BCUT2D eigenvalue weighted by atomic mass is 32.1. The molecule has 0 saturated carbocycles. The summed E-state index contributed by atoms with van der Waals surface area (Å²) in [6, 6.07) is 5.83. The summed E-state index contributed by atoms with van der Waals surface area (Å²) in [6.45, 7) is 1.27. The fourth-order valence-corrected chi connectivity index (χ4v) is 4.38. The third-order valence-electron chi connectivity index (χ3n) is 6.15. The summed E-state index contributed by atoms with van der Waals surface area (Å²) < 4.78 is 45.8. The average molecular weight is 523 g/mol. The van der Waals surface area contributed by atoms with Gasteiger partial charge in [-0.1, -0.05) is 0 Å². The zero-order valence-electron chi connectivity index (χ0n) is 19.9. The van der Waals surface area contributed by atoms with Crippen molar-refractivity contribution >= 4 is 40.6 Å². The lowest BCUT2D eigenvalue weighted by Gasteiger charge is -2.25. The average Bonchev–Trinajstić information content (AvgIpc) is 3.44. The van der Waals surface area contributed by atoms with E-state index in [0.717, 1.165) is 17.9 Å². The van der Waals surface area contributed by atoms with Gasteiger partial charge < -0.3 is 18.8 Å². The normalized spacial score (nSPS) is 18.2. The quantitative estimate of drug-likeness (QED) is 0.528. The Bertz CT molecular complexity index is 1080. The van der Waals surface area contributed by atoms with E-state index in [1.165, 1.54) is 17.0 Å². The molecule has 2 aliphatic heterocycles. The number of methoxy groups -OCH3 is 1. The van der Waals surface area contributed by atoms with Crippen LogP contribution >= 0.6 is 12.2 Å². The van der Waals surface area contributed by atoms with Crippen LogP contribution in [0.3, 0.4) is 0 Å². The van der Waals surface area contributed by atoms with Gasteiger partial charge in [0.2, 0.25) is 5.91 Å². The van der Waals surface area contributed by atoms with Crippen LogP contribution in [0.1, 0.15) is 25.0 Å². The maximum absolute atomic E-state index is 15.1. The van der Waals surface area contributed by atoms with Gasteiger partial charge in [0.25, 0.3) is 0 Å². The molecule has 0 aliphatic carbocycles. The molecule has 9 nitrogen and oxygen atoms in total. The third kappa shape index (κ3) is 6.11. The van der Waals surface area contributed by atoms with Crippen LogP contribution in [0, 0.1) is 11.6 Å². The van der Waals surface area contributed by atoms with Gasteiger partial charge in [0.05, 0.1) is 32.1 Å². The summed E-state index contributed by atoms with van der Waals surface area (Å²) in [4.78, 5) is 27.6. The van der Waals surface area contributed by atoms with Crippen molar-refractivity contribution in [3.63, 3.8) is 0 Å². The Morgan fingerprint density at radius 2 is 2.00 bits per heavy atom. The van der Waals surface area contributed by atoms with Gasteiger partial charge in [-0.3, -0.25) is 14.7 Å². The molecule has 4 rings (SSSR count). The van der Waals surface area contributed by atoms with Crippen LogP contribution in [0.2, 0.25) is 0 Å². The molecule has 1 N–H and O–H groups in total. The van der Waals surface area contributed by atoms with Crippen LogP contribution in [0.25, 0.3) is 0 Å². The van der Waals surface area contributed by atoms with E-state index in [1.54, 1.807) is 23.3 Å². The van der Waals surface area contributed by atoms with Crippen molar-refractivity contribution in [2.24, 2.45) is 0 Å². The predicted molar refractivity (Wildman–Crippen MR) is 132 cm³/mol. The number of ether oxygens (including phenoxy) is 2. The summed E-state index contributed by atoms with van der Waals surface area (Å²) in [5.41, 5.74) is 2.91. The zero-order valence-corrected chi connectivity index (χ0v) is 20.7. The molecule has 2 aliphatic rings. The molecule has 0 spiro atoms. The van der Waals surface area contributed by atoms with E-state index in [9.17, 15) is 9.59 Å². The van der Waals surface area contributed by atoms with Crippen LogP contribution in [0.4, 0.5) is 25.0 Å². The molecule has 194 valence electrons. The van der Waals surface area contributed by atoms with Crippen LogP contribution in [0.5, 0.6) is 0 Å². The van der Waals surface area contributed by atoms with Crippen molar-refractivity contribution in [1.29, 1.82) is 0 Å². The summed E-state index contributed by atoms with van der Waals surface area (Å²) in [7, 11) is 1.47. The number of amides is 2. The molecule has 12 heteroatoms. The molecule has 0 bridgehead atoms. The first-order valence-corrected chi connectivity index (χ1v) is 12.1. The second-order valence-electron chi connectivity index (χ2n) is 8.51. The number of thiocarbonyl (C=S) groups is 1. The highest BCUT2D eigenvalue weighted by molar-refractivity contribution is 7.80. The first kappa shape index (κ1) is 25.8. The Morgan fingerprint density at radius 1 is 1.22 bits per heavy atom. The Morgan fingerprint density at radius 3 is 2.69 bits per heavy atom. The number of hydrazine groups is 1. The molecule has 0 radical (unpaired) electrons. The van der Waals surface area contributed by atoms with Gasteiger partial charge >= 0.3 is 6.09 Å². The standard InChI is InChI=1S/C24H28F2N4O5S/c1-33-22(36)7-5-18-15-29(24(32)35-18)16-13-19(25)23(20(26)14-16)28-9-8-27-30(11-10-28)21(31)6-4-17-3-2-12-34-17/h2-3,12-14,18,27H,4-11,15H2,1H3/t18-/m0/s1. The first-order valence-electron chi connectivity index (χ1n) is 11.7. The van der Waals surface area contributed by atoms with Gasteiger partial charge in [-0.2, -0.15) is 0 Å². The van der Waals surface area contributed by atoms with Crippen LogP contribution in [-0.2, 0) is 20.7 Å². The second kappa shape index (κ2) is 11.7. The Balaban J connectivity index is 1.38. The molecule has 3 heterocycles. The van der Waals surface area contributed by atoms with Gasteiger partial charge in [0.1, 0.15) is 17.6 Å². The molecule has 1 atom stereocenters. The van der Waals surface area contributed by atoms with Crippen molar-refractivity contribution in [2.45, 2.75) is 31.8 Å². The number of nitrogens with zero attached hydrogens (tertiary/aromatic N) is 3. The SMILES string of the molecule is COC(=S)CC[C@H]1CN(c2cc(F)c(N3CCNN(C(=O)CCc4ccco4)CC3)c(F)c2)C(=O)O1. The van der Waals surface area contributed by atoms with Crippen molar-refractivity contribution in [1.82, 2.24) is 10.4 Å². The highest BCUT2D eigenvalue weighted by Crippen LogP contribution is 2.31. The lowest BCUT2D eigenvalue weighted by molar-refractivity contribution is -0.134. The van der Waals surface area contributed by atoms with E-state index in [1.807, 2.05) is 0 Å². The van der Waals surface area contributed by atoms with Crippen LogP contribution in [0.15, 0.2) is 34.9 Å². The minimum atomic E-state index is -0.792. The number of hydrogen-bond acceptors (Lipinski definition) is 8. The Hall–Kier alpha value is -3.25. The third-order valence-corrected chi connectivity index (χ3v) is 6.52. The lowest BCUT2D eigenvalue weighted by atomic mass is 10.2. The molecular weight excluding hydrogens is 494 g/mol. The summed E-state index contributed by atoms with van der Waals surface area (Å²) in [5.74, 6) is -0.993. The van der Waals surface area contributed by atoms with Gasteiger partial charge in [0, 0.05) is 51.0 Å². The number of halogens is 2. The molecule has 1 aromatic carbocycles. The van der Waals surface area contributed by atoms with Crippen molar-refractivity contribution < 1.29 is 32.3 Å². The van der Waals surface area contributed by atoms with Gasteiger partial charge in [0.15, 0.2) is 16.7 Å². The maximum Gasteiger partial charge on any atom is 0.414 e. The number of nitrogens with one attached hydrogen (secondary N) is 1. The molecule has 2 aromatic rings. The number of hydrogen-bond donors (Lipinski definition) is 1. The number of cyclic esters (lactones) is 1. The van der Waals surface area contributed by atoms with E-state index in [2.05, 4.69) is 5.43 Å². The van der Waals surface area contributed by atoms with Gasteiger partial charge in [-0.15, -0.1) is 0 Å². The fourth-order valence-electron chi connectivity index (χ4n) is 4.26. The minimum Gasteiger partial charge on any atom is -0.490 e. The molecule has 36 heavy (non-hydrogen) atoms. The molecule has 2 amide bonds.